The summed E-state index contributed by atoms with van der Waals surface area (Å²) in [5.74, 6) is 4.76. The van der Waals surface area contributed by atoms with Crippen molar-refractivity contribution < 1.29 is 14.3 Å². The molecule has 0 saturated heterocycles. The molecule has 0 bridgehead atoms. The van der Waals surface area contributed by atoms with Crippen LogP contribution in [0.4, 0.5) is 0 Å². The summed E-state index contributed by atoms with van der Waals surface area (Å²) >= 11 is 0. The average Bonchev–Trinajstić information content (AvgIpc) is 2.45. The van der Waals surface area contributed by atoms with Crippen LogP contribution in [-0.2, 0) is 4.79 Å². The van der Waals surface area contributed by atoms with Gasteiger partial charge in [-0.25, -0.2) is 0 Å². The lowest BCUT2D eigenvalue weighted by Crippen LogP contribution is -2.07. The number of ether oxygens (including phenoxy) is 1. The SMILES string of the molecule is CC(=O)Oc1cc(C)ccc1C(=O)C#Cc1ccccc1. The number of hydrogen-bond donors (Lipinski definition) is 0. The van der Waals surface area contributed by atoms with E-state index in [0.29, 0.717) is 5.56 Å². The molecule has 0 aliphatic carbocycles. The molecule has 21 heavy (non-hydrogen) atoms. The van der Waals surface area contributed by atoms with Gasteiger partial charge in [0.2, 0.25) is 5.78 Å². The van der Waals surface area contributed by atoms with Crippen LogP contribution < -0.4 is 4.74 Å². The van der Waals surface area contributed by atoms with Crippen molar-refractivity contribution in [2.75, 3.05) is 0 Å². The van der Waals surface area contributed by atoms with Crippen molar-refractivity contribution in [2.45, 2.75) is 13.8 Å². The molecule has 0 atom stereocenters. The van der Waals surface area contributed by atoms with Crippen LogP contribution in [0.5, 0.6) is 5.75 Å². The molecule has 2 aromatic rings. The molecular formula is C18H14O3. The Hall–Kier alpha value is -2.86. The molecule has 0 aromatic heterocycles. The fourth-order valence-electron chi connectivity index (χ4n) is 1.77. The van der Waals surface area contributed by atoms with Crippen LogP contribution in [0.1, 0.15) is 28.4 Å². The fourth-order valence-corrected chi connectivity index (χ4v) is 1.77. The molecule has 0 fully saturated rings. The molecule has 0 unspecified atom stereocenters. The highest BCUT2D eigenvalue weighted by Gasteiger charge is 2.12. The van der Waals surface area contributed by atoms with Crippen LogP contribution in [-0.4, -0.2) is 11.8 Å². The number of benzene rings is 2. The first kappa shape index (κ1) is 14.5. The Bertz CT molecular complexity index is 734. The lowest BCUT2D eigenvalue weighted by molar-refractivity contribution is -0.131. The van der Waals surface area contributed by atoms with Crippen LogP contribution in [0.15, 0.2) is 48.5 Å². The summed E-state index contributed by atoms with van der Waals surface area (Å²) in [6.07, 6.45) is 0. The molecule has 0 heterocycles. The van der Waals surface area contributed by atoms with Crippen LogP contribution in [0.3, 0.4) is 0 Å². The van der Waals surface area contributed by atoms with Crippen molar-refractivity contribution in [3.8, 4) is 17.6 Å². The molecule has 0 aliphatic rings. The third-order valence-corrected chi connectivity index (χ3v) is 2.73. The molecule has 0 radical (unpaired) electrons. The van der Waals surface area contributed by atoms with Gasteiger partial charge in [0.1, 0.15) is 5.75 Å². The van der Waals surface area contributed by atoms with E-state index >= 15 is 0 Å². The number of hydrogen-bond acceptors (Lipinski definition) is 3. The first-order valence-electron chi connectivity index (χ1n) is 6.47. The van der Waals surface area contributed by atoms with Crippen molar-refractivity contribution in [1.29, 1.82) is 0 Å². The van der Waals surface area contributed by atoms with Gasteiger partial charge in [-0.3, -0.25) is 9.59 Å². The second kappa shape index (κ2) is 6.53. The van der Waals surface area contributed by atoms with E-state index in [1.807, 2.05) is 37.3 Å². The summed E-state index contributed by atoms with van der Waals surface area (Å²) in [6.45, 7) is 3.16. The second-order valence-electron chi connectivity index (χ2n) is 4.54. The quantitative estimate of drug-likeness (QED) is 0.367. The zero-order chi connectivity index (χ0) is 15.2. The maximum absolute atomic E-state index is 12.2. The van der Waals surface area contributed by atoms with E-state index in [0.717, 1.165) is 11.1 Å². The standard InChI is InChI=1S/C18H14O3/c1-13-8-10-16(18(12-13)21-14(2)19)17(20)11-9-15-6-4-3-5-7-15/h3-8,10,12H,1-2H3. The fraction of sp³-hybridized carbons (Fsp3) is 0.111. The Balaban J connectivity index is 2.31. The van der Waals surface area contributed by atoms with Gasteiger partial charge < -0.3 is 4.74 Å². The number of rotatable bonds is 2. The van der Waals surface area contributed by atoms with Gasteiger partial charge in [0.25, 0.3) is 0 Å². The maximum Gasteiger partial charge on any atom is 0.308 e. The van der Waals surface area contributed by atoms with Crippen molar-refractivity contribution in [3.63, 3.8) is 0 Å². The Morgan fingerprint density at radius 1 is 1.05 bits per heavy atom. The van der Waals surface area contributed by atoms with Gasteiger partial charge in [-0.05, 0) is 42.7 Å². The predicted molar refractivity (Wildman–Crippen MR) is 80.1 cm³/mol. The number of ketones is 1. The molecule has 2 rings (SSSR count). The molecule has 3 heteroatoms. The largest absolute Gasteiger partial charge is 0.426 e. The normalized spacial score (nSPS) is 9.43. The number of carbonyl (C=O) groups excluding carboxylic acids is 2. The topological polar surface area (TPSA) is 43.4 Å². The third kappa shape index (κ3) is 4.05. The monoisotopic (exact) mass is 278 g/mol. The summed E-state index contributed by atoms with van der Waals surface area (Å²) < 4.78 is 5.07. The van der Waals surface area contributed by atoms with Crippen molar-refractivity contribution in [2.24, 2.45) is 0 Å². The van der Waals surface area contributed by atoms with Gasteiger partial charge in [-0.2, -0.15) is 0 Å². The van der Waals surface area contributed by atoms with Crippen molar-refractivity contribution in [3.05, 3.63) is 65.2 Å². The Kier molecular flexibility index (Phi) is 4.53. The second-order valence-corrected chi connectivity index (χ2v) is 4.54. The molecule has 0 aliphatic heterocycles. The van der Waals surface area contributed by atoms with Crippen molar-refractivity contribution >= 4 is 11.8 Å². The zero-order valence-corrected chi connectivity index (χ0v) is 11.8. The van der Waals surface area contributed by atoms with E-state index < -0.39 is 5.97 Å². The molecule has 0 saturated carbocycles. The highest BCUT2D eigenvalue weighted by atomic mass is 16.5. The van der Waals surface area contributed by atoms with Gasteiger partial charge in [-0.1, -0.05) is 30.2 Å². The Morgan fingerprint density at radius 2 is 1.76 bits per heavy atom. The first-order valence-corrected chi connectivity index (χ1v) is 6.47. The van der Waals surface area contributed by atoms with Crippen LogP contribution in [0.2, 0.25) is 0 Å². The molecule has 0 amide bonds. The smallest absolute Gasteiger partial charge is 0.308 e. The van der Waals surface area contributed by atoms with Gasteiger partial charge in [0.15, 0.2) is 0 Å². The molecule has 0 N–H and O–H groups in total. The lowest BCUT2D eigenvalue weighted by atomic mass is 10.1. The minimum Gasteiger partial charge on any atom is -0.426 e. The average molecular weight is 278 g/mol. The predicted octanol–water partition coefficient (Wildman–Crippen LogP) is 3.15. The van der Waals surface area contributed by atoms with Gasteiger partial charge in [-0.15, -0.1) is 0 Å². The number of Topliss-reactive ketones (excluding diaryl/α,β-unsaturated/α-hetero) is 1. The molecular weight excluding hydrogens is 264 g/mol. The summed E-state index contributed by atoms with van der Waals surface area (Å²) in [7, 11) is 0. The summed E-state index contributed by atoms with van der Waals surface area (Å²) in [5.41, 5.74) is 1.95. The zero-order valence-electron chi connectivity index (χ0n) is 11.8. The van der Waals surface area contributed by atoms with E-state index in [1.54, 1.807) is 18.2 Å². The van der Waals surface area contributed by atoms with Gasteiger partial charge in [0.05, 0.1) is 5.56 Å². The highest BCUT2D eigenvalue weighted by Crippen LogP contribution is 2.21. The Morgan fingerprint density at radius 3 is 2.43 bits per heavy atom. The van der Waals surface area contributed by atoms with E-state index in [2.05, 4.69) is 11.8 Å². The first-order chi connectivity index (χ1) is 10.1. The summed E-state index contributed by atoms with van der Waals surface area (Å²) in [5, 5.41) is 0. The van der Waals surface area contributed by atoms with E-state index in [9.17, 15) is 9.59 Å². The van der Waals surface area contributed by atoms with Crippen LogP contribution in [0.25, 0.3) is 0 Å². The van der Waals surface area contributed by atoms with Crippen molar-refractivity contribution in [1.82, 2.24) is 0 Å². The van der Waals surface area contributed by atoms with Crippen LogP contribution in [0, 0.1) is 18.8 Å². The highest BCUT2D eigenvalue weighted by molar-refractivity contribution is 6.11. The van der Waals surface area contributed by atoms with Crippen LogP contribution >= 0.6 is 0 Å². The minimum atomic E-state index is -0.467. The molecule has 2 aromatic carbocycles. The summed E-state index contributed by atoms with van der Waals surface area (Å²) in [6, 6.07) is 14.3. The molecule has 3 nitrogen and oxygen atoms in total. The van der Waals surface area contributed by atoms with Gasteiger partial charge in [0, 0.05) is 12.5 Å². The van der Waals surface area contributed by atoms with E-state index in [4.69, 9.17) is 4.74 Å². The minimum absolute atomic E-state index is 0.245. The Labute approximate surface area is 123 Å². The summed E-state index contributed by atoms with van der Waals surface area (Å²) in [4.78, 5) is 23.3. The van der Waals surface area contributed by atoms with E-state index in [1.165, 1.54) is 6.92 Å². The number of aryl methyl sites for hydroxylation is 1. The number of carbonyl (C=O) groups is 2. The lowest BCUT2D eigenvalue weighted by Gasteiger charge is -2.06. The molecule has 0 spiro atoms. The van der Waals surface area contributed by atoms with Gasteiger partial charge >= 0.3 is 5.97 Å². The third-order valence-electron chi connectivity index (χ3n) is 2.73. The maximum atomic E-state index is 12.2. The molecule has 104 valence electrons. The number of esters is 1. The van der Waals surface area contributed by atoms with E-state index in [-0.39, 0.29) is 11.5 Å².